The first-order valence-electron chi connectivity index (χ1n) is 15.3. The Kier molecular flexibility index (Phi) is 7.97. The molecule has 0 atom stereocenters. The van der Waals surface area contributed by atoms with E-state index in [1.165, 1.54) is 11.1 Å². The number of tetrazole rings is 1. The van der Waals surface area contributed by atoms with E-state index >= 15 is 0 Å². The van der Waals surface area contributed by atoms with Gasteiger partial charge in [-0.2, -0.15) is 5.21 Å². The topological polar surface area (TPSA) is 107 Å². The number of aromatic nitrogens is 5. The molecule has 0 spiro atoms. The maximum absolute atomic E-state index is 12.8. The van der Waals surface area contributed by atoms with Gasteiger partial charge in [0.05, 0.1) is 13.2 Å². The molecule has 0 bridgehead atoms. The Hall–Kier alpha value is -5.44. The van der Waals surface area contributed by atoms with Crippen LogP contribution in [0.25, 0.3) is 22.3 Å². The number of hydrogen-bond acceptors (Lipinski definition) is 6. The molecule has 1 saturated carbocycles. The lowest BCUT2D eigenvalue weighted by atomic mass is 9.98. The molecule has 226 valence electrons. The van der Waals surface area contributed by atoms with Crippen LogP contribution in [0.3, 0.4) is 0 Å². The maximum Gasteiger partial charge on any atom is 0.411 e. The minimum Gasteiger partial charge on any atom is -0.496 e. The molecular formula is C36H34N6O3. The van der Waals surface area contributed by atoms with Crippen LogP contribution in [0, 0.1) is 0 Å². The third-order valence-corrected chi connectivity index (χ3v) is 8.52. The maximum atomic E-state index is 12.8. The number of carbonyl (C=O) groups excluding carboxylic acids is 1. The van der Waals surface area contributed by atoms with E-state index in [4.69, 9.17) is 9.47 Å². The largest absolute Gasteiger partial charge is 0.496 e. The highest BCUT2D eigenvalue weighted by Gasteiger charge is 2.23. The van der Waals surface area contributed by atoms with Crippen LogP contribution >= 0.6 is 0 Å². The zero-order valence-corrected chi connectivity index (χ0v) is 25.0. The summed E-state index contributed by atoms with van der Waals surface area (Å²) in [5, 5.41) is 18.4. The van der Waals surface area contributed by atoms with E-state index in [2.05, 4.69) is 91.3 Å². The fourth-order valence-electron chi connectivity index (χ4n) is 6.37. The van der Waals surface area contributed by atoms with Gasteiger partial charge in [-0.15, -0.1) is 10.2 Å². The molecule has 1 aliphatic carbocycles. The second-order valence-corrected chi connectivity index (χ2v) is 11.4. The third-order valence-electron chi connectivity index (χ3n) is 8.52. The molecule has 6 aromatic rings. The first-order chi connectivity index (χ1) is 22.2. The Labute approximate surface area is 261 Å². The van der Waals surface area contributed by atoms with Crippen molar-refractivity contribution in [1.29, 1.82) is 0 Å². The van der Waals surface area contributed by atoms with Crippen molar-refractivity contribution >= 4 is 22.7 Å². The monoisotopic (exact) mass is 598 g/mol. The number of amides is 1. The molecule has 1 fully saturated rings. The summed E-state index contributed by atoms with van der Waals surface area (Å²) in [5.74, 6) is 1.24. The van der Waals surface area contributed by atoms with Crippen LogP contribution in [0.15, 0.2) is 103 Å². The molecule has 45 heavy (non-hydrogen) atoms. The minimum atomic E-state index is -0.410. The quantitative estimate of drug-likeness (QED) is 0.178. The molecule has 2 N–H and O–H groups in total. The number of benzene rings is 4. The van der Waals surface area contributed by atoms with Crippen LogP contribution < -0.4 is 10.1 Å². The Morgan fingerprint density at radius 1 is 0.933 bits per heavy atom. The van der Waals surface area contributed by atoms with E-state index in [-0.39, 0.29) is 12.1 Å². The predicted molar refractivity (Wildman–Crippen MR) is 173 cm³/mol. The van der Waals surface area contributed by atoms with Crippen molar-refractivity contribution in [1.82, 2.24) is 25.2 Å². The number of methoxy groups -OCH3 is 1. The predicted octanol–water partition coefficient (Wildman–Crippen LogP) is 7.55. The molecule has 4 aromatic carbocycles. The molecule has 7 rings (SSSR count). The summed E-state index contributed by atoms with van der Waals surface area (Å²) in [7, 11) is 1.67. The van der Waals surface area contributed by atoms with Crippen LogP contribution in [0.4, 0.5) is 10.5 Å². The van der Waals surface area contributed by atoms with Gasteiger partial charge in [-0.3, -0.25) is 5.32 Å². The number of rotatable bonds is 9. The zero-order chi connectivity index (χ0) is 30.6. The Bertz CT molecular complexity index is 1860. The molecule has 0 radical (unpaired) electrons. The van der Waals surface area contributed by atoms with Crippen LogP contribution in [-0.2, 0) is 11.2 Å². The van der Waals surface area contributed by atoms with Crippen LogP contribution in [0.1, 0.15) is 54.0 Å². The van der Waals surface area contributed by atoms with Gasteiger partial charge in [-0.1, -0.05) is 72.8 Å². The Balaban J connectivity index is 1.32. The van der Waals surface area contributed by atoms with Gasteiger partial charge in [-0.25, -0.2) is 4.79 Å². The number of hydrogen-bond donors (Lipinski definition) is 2. The molecular weight excluding hydrogens is 564 g/mol. The highest BCUT2D eigenvalue weighted by molar-refractivity contribution is 5.92. The molecule has 2 aromatic heterocycles. The van der Waals surface area contributed by atoms with E-state index in [9.17, 15) is 4.79 Å². The smallest absolute Gasteiger partial charge is 0.411 e. The number of nitrogens with zero attached hydrogens (tertiary/aromatic N) is 4. The molecule has 1 aliphatic rings. The normalized spacial score (nSPS) is 13.4. The zero-order valence-electron chi connectivity index (χ0n) is 25.0. The summed E-state index contributed by atoms with van der Waals surface area (Å²) in [6.07, 6.45) is 6.46. The van der Waals surface area contributed by atoms with Crippen molar-refractivity contribution in [3.8, 4) is 17.1 Å². The van der Waals surface area contributed by atoms with Crippen molar-refractivity contribution in [2.45, 2.75) is 44.2 Å². The van der Waals surface area contributed by atoms with Crippen molar-refractivity contribution in [3.63, 3.8) is 0 Å². The summed E-state index contributed by atoms with van der Waals surface area (Å²) < 4.78 is 13.9. The van der Waals surface area contributed by atoms with Crippen molar-refractivity contribution < 1.29 is 14.3 Å². The average molecular weight is 599 g/mol. The van der Waals surface area contributed by atoms with Gasteiger partial charge in [0, 0.05) is 34.8 Å². The highest BCUT2D eigenvalue weighted by atomic mass is 16.6. The Morgan fingerprint density at radius 2 is 1.67 bits per heavy atom. The lowest BCUT2D eigenvalue weighted by molar-refractivity contribution is 0.114. The molecule has 2 heterocycles. The number of nitrogens with one attached hydrogen (secondary N) is 2. The molecule has 0 saturated heterocycles. The summed E-state index contributed by atoms with van der Waals surface area (Å²) in [5.41, 5.74) is 7.03. The van der Waals surface area contributed by atoms with Gasteiger partial charge < -0.3 is 14.0 Å². The molecule has 9 nitrogen and oxygen atoms in total. The highest BCUT2D eigenvalue weighted by Crippen LogP contribution is 2.36. The van der Waals surface area contributed by atoms with E-state index in [1.807, 2.05) is 42.5 Å². The number of aromatic amines is 1. The fourth-order valence-corrected chi connectivity index (χ4v) is 6.37. The summed E-state index contributed by atoms with van der Waals surface area (Å²) >= 11 is 0. The van der Waals surface area contributed by atoms with Gasteiger partial charge in [-0.05, 0) is 77.4 Å². The van der Waals surface area contributed by atoms with Crippen LogP contribution in [0.2, 0.25) is 0 Å². The van der Waals surface area contributed by atoms with Crippen molar-refractivity contribution in [3.05, 3.63) is 126 Å². The van der Waals surface area contributed by atoms with Crippen molar-refractivity contribution in [2.24, 2.45) is 0 Å². The first-order valence-corrected chi connectivity index (χ1v) is 15.3. The average Bonchev–Trinajstić information content (AvgIpc) is 3.86. The van der Waals surface area contributed by atoms with E-state index in [0.717, 1.165) is 59.0 Å². The minimum absolute atomic E-state index is 0.00855. The molecule has 0 aliphatic heterocycles. The lowest BCUT2D eigenvalue weighted by Gasteiger charge is -2.22. The lowest BCUT2D eigenvalue weighted by Crippen LogP contribution is -2.20. The molecule has 1 amide bonds. The molecule has 9 heteroatoms. The van der Waals surface area contributed by atoms with Gasteiger partial charge in [0.25, 0.3) is 0 Å². The van der Waals surface area contributed by atoms with Gasteiger partial charge in [0.15, 0.2) is 0 Å². The van der Waals surface area contributed by atoms with Gasteiger partial charge in [0.2, 0.25) is 5.82 Å². The van der Waals surface area contributed by atoms with Crippen molar-refractivity contribution in [2.75, 3.05) is 12.4 Å². The summed E-state index contributed by atoms with van der Waals surface area (Å²) in [6.45, 7) is 0. The van der Waals surface area contributed by atoms with Crippen LogP contribution in [-0.4, -0.2) is 44.5 Å². The number of anilines is 1. The van der Waals surface area contributed by atoms with Crippen LogP contribution in [0.5, 0.6) is 5.75 Å². The summed E-state index contributed by atoms with van der Waals surface area (Å²) in [4.78, 5) is 12.8. The first kappa shape index (κ1) is 28.3. The van der Waals surface area contributed by atoms with E-state index < -0.39 is 6.09 Å². The van der Waals surface area contributed by atoms with E-state index in [0.29, 0.717) is 17.9 Å². The standard InChI is InChI=1S/C36H34N6O3/c1-44-33-21-27(35-38-40-41-39-35)17-16-26(33)20-28-23-42(34(24-10-4-2-5-11-24)25-12-6-3-7-13-25)32-19-18-29(22-31(28)32)37-36(43)45-30-14-8-9-15-30/h2-7,10-13,16-19,21-23,30,34H,8-9,14-15,20H2,1H3,(H,37,43)(H,38,39,40,41). The molecule has 0 unspecified atom stereocenters. The number of ether oxygens (including phenoxy) is 2. The fraction of sp³-hybridized carbons (Fsp3) is 0.222. The second-order valence-electron chi connectivity index (χ2n) is 11.4. The van der Waals surface area contributed by atoms with Gasteiger partial charge >= 0.3 is 6.09 Å². The summed E-state index contributed by atoms with van der Waals surface area (Å²) in [6, 6.07) is 33.0. The second kappa shape index (κ2) is 12.7. The number of H-pyrrole nitrogens is 1. The van der Waals surface area contributed by atoms with E-state index in [1.54, 1.807) is 7.11 Å². The number of carbonyl (C=O) groups is 1. The SMILES string of the molecule is COc1cc(-c2nn[nH]n2)ccc1Cc1cn(C(c2ccccc2)c2ccccc2)c2ccc(NC(=O)OC3CCCC3)cc12. The number of fused-ring (bicyclic) bond motifs is 1. The van der Waals surface area contributed by atoms with Gasteiger partial charge in [0.1, 0.15) is 11.9 Å². The third kappa shape index (κ3) is 6.02. The Morgan fingerprint density at radius 3 is 2.33 bits per heavy atom.